The topological polar surface area (TPSA) is 106 Å². The number of halogens is 3. The predicted octanol–water partition coefficient (Wildman–Crippen LogP) is 5.22. The monoisotopic (exact) mass is 612 g/mol. The van der Waals surface area contributed by atoms with Gasteiger partial charge in [0, 0.05) is 40.6 Å². The van der Waals surface area contributed by atoms with E-state index in [1.54, 1.807) is 32.9 Å². The highest BCUT2D eigenvalue weighted by Crippen LogP contribution is 2.39. The standard InChI is InChI=1S/C32H39F3N6O3/c1-6-21(36-29(42)27-11-8-14-40(27)30(43)44-31(3,4)5)16-20-18-24(37-22(20)7-2)19-12-13-23-25(17-19)39-28(38-23)26-10-9-15-41(26)32(33,34)35/h6-7,12-13,16-18,26-27,37H,8-11,14-15H2,1-5H3,(H,36,42)(H,38,39)/b20-16-,21-6?,22-7?. The van der Waals surface area contributed by atoms with Crippen LogP contribution < -0.4 is 15.9 Å². The van der Waals surface area contributed by atoms with Gasteiger partial charge in [-0.2, -0.15) is 13.2 Å². The normalized spacial score (nSPS) is 21.1. The Bertz CT molecular complexity index is 1700. The zero-order valence-electron chi connectivity index (χ0n) is 25.6. The molecule has 44 heavy (non-hydrogen) atoms. The van der Waals surface area contributed by atoms with Crippen LogP contribution in [0.4, 0.5) is 18.0 Å². The van der Waals surface area contributed by atoms with E-state index in [0.29, 0.717) is 59.7 Å². The number of fused-ring (bicyclic) bond motifs is 1. The van der Waals surface area contributed by atoms with E-state index < -0.39 is 30.1 Å². The van der Waals surface area contributed by atoms with Crippen LogP contribution in [0.3, 0.4) is 0 Å². The van der Waals surface area contributed by atoms with Crippen molar-refractivity contribution < 1.29 is 27.5 Å². The summed E-state index contributed by atoms with van der Waals surface area (Å²) >= 11 is 0. The number of amides is 2. The Kier molecular flexibility index (Phi) is 8.66. The number of imidazole rings is 1. The molecule has 2 fully saturated rings. The van der Waals surface area contributed by atoms with Crippen molar-refractivity contribution in [2.24, 2.45) is 0 Å². The molecule has 0 saturated carbocycles. The van der Waals surface area contributed by atoms with Crippen LogP contribution in [0.15, 0.2) is 36.0 Å². The number of alkyl halides is 3. The van der Waals surface area contributed by atoms with Crippen LogP contribution >= 0.6 is 0 Å². The summed E-state index contributed by atoms with van der Waals surface area (Å²) in [5.74, 6) is 0.0402. The third-order valence-electron chi connectivity index (χ3n) is 7.95. The van der Waals surface area contributed by atoms with Crippen molar-refractivity contribution in [2.75, 3.05) is 13.1 Å². The summed E-state index contributed by atoms with van der Waals surface area (Å²) < 4.78 is 46.0. The third-order valence-corrected chi connectivity index (χ3v) is 7.95. The number of hydrogen-bond acceptors (Lipinski definition) is 5. The highest BCUT2D eigenvalue weighted by atomic mass is 19.4. The maximum Gasteiger partial charge on any atom is 0.460 e. The minimum Gasteiger partial charge on any atom is -0.444 e. The third kappa shape index (κ3) is 6.69. The fourth-order valence-corrected chi connectivity index (χ4v) is 5.87. The van der Waals surface area contributed by atoms with E-state index in [1.165, 1.54) is 4.90 Å². The molecule has 2 aliphatic rings. The Hall–Kier alpha value is -4.06. The number of likely N-dealkylation sites (tertiary alicyclic amines) is 2. The Balaban J connectivity index is 1.37. The fourth-order valence-electron chi connectivity index (χ4n) is 5.87. The molecule has 2 aliphatic heterocycles. The van der Waals surface area contributed by atoms with Crippen LogP contribution in [0.25, 0.3) is 34.4 Å². The lowest BCUT2D eigenvalue weighted by molar-refractivity contribution is -0.251. The van der Waals surface area contributed by atoms with Gasteiger partial charge in [0.2, 0.25) is 5.91 Å². The van der Waals surface area contributed by atoms with E-state index in [4.69, 9.17) is 4.74 Å². The first-order valence-corrected chi connectivity index (χ1v) is 14.9. The lowest BCUT2D eigenvalue weighted by Crippen LogP contribution is -2.47. The summed E-state index contributed by atoms with van der Waals surface area (Å²) in [6.45, 7) is 9.53. The van der Waals surface area contributed by atoms with Gasteiger partial charge in [-0.3, -0.25) is 9.69 Å². The van der Waals surface area contributed by atoms with Crippen molar-refractivity contribution in [2.45, 2.75) is 84.3 Å². The SMILES string of the molecule is CC=C(/C=c1/cc(-c2ccc3nc(C4CCCN4C(F)(F)F)[nH]c3c2)[nH]c1=CC)NC(=O)C1CCCN1C(=O)OC(C)(C)C. The average molecular weight is 613 g/mol. The number of carbonyl (C=O) groups is 2. The van der Waals surface area contributed by atoms with E-state index >= 15 is 0 Å². The lowest BCUT2D eigenvalue weighted by Gasteiger charge is -2.28. The van der Waals surface area contributed by atoms with Gasteiger partial charge in [-0.15, -0.1) is 0 Å². The number of rotatable bonds is 5. The van der Waals surface area contributed by atoms with Gasteiger partial charge in [0.1, 0.15) is 17.5 Å². The van der Waals surface area contributed by atoms with Crippen molar-refractivity contribution in [3.63, 3.8) is 0 Å². The number of nitrogens with one attached hydrogen (secondary N) is 3. The maximum atomic E-state index is 13.5. The smallest absolute Gasteiger partial charge is 0.444 e. The van der Waals surface area contributed by atoms with Crippen molar-refractivity contribution in [1.82, 2.24) is 30.1 Å². The minimum atomic E-state index is -4.41. The van der Waals surface area contributed by atoms with Gasteiger partial charge < -0.3 is 20.0 Å². The van der Waals surface area contributed by atoms with Crippen molar-refractivity contribution in [3.05, 3.63) is 52.4 Å². The second-order valence-electron chi connectivity index (χ2n) is 12.2. The van der Waals surface area contributed by atoms with Gasteiger partial charge in [-0.1, -0.05) is 18.2 Å². The Morgan fingerprint density at radius 1 is 1.07 bits per heavy atom. The number of carbonyl (C=O) groups excluding carboxylic acids is 2. The first kappa shape index (κ1) is 31.4. The first-order chi connectivity index (χ1) is 20.8. The molecule has 2 amide bonds. The summed E-state index contributed by atoms with van der Waals surface area (Å²) in [4.78, 5) is 39.0. The van der Waals surface area contributed by atoms with Crippen LogP contribution in [0.5, 0.6) is 0 Å². The van der Waals surface area contributed by atoms with E-state index in [9.17, 15) is 22.8 Å². The molecule has 2 saturated heterocycles. The molecule has 3 N–H and O–H groups in total. The van der Waals surface area contributed by atoms with E-state index in [-0.39, 0.29) is 12.5 Å². The predicted molar refractivity (Wildman–Crippen MR) is 162 cm³/mol. The van der Waals surface area contributed by atoms with Gasteiger partial charge in [0.15, 0.2) is 0 Å². The van der Waals surface area contributed by atoms with Gasteiger partial charge in [-0.05, 0) is 84.6 Å². The lowest BCUT2D eigenvalue weighted by atomic mass is 10.1. The zero-order chi connectivity index (χ0) is 31.8. The number of ether oxygens (including phenoxy) is 1. The molecule has 12 heteroatoms. The molecule has 0 aliphatic carbocycles. The number of H-pyrrole nitrogens is 2. The first-order valence-electron chi connectivity index (χ1n) is 14.9. The second-order valence-corrected chi connectivity index (χ2v) is 12.2. The number of allylic oxidation sites excluding steroid dienone is 2. The molecule has 3 aromatic rings. The second kappa shape index (κ2) is 12.1. The molecule has 0 spiro atoms. The molecule has 236 valence electrons. The molecule has 2 aromatic heterocycles. The molecule has 4 heterocycles. The van der Waals surface area contributed by atoms with Crippen LogP contribution in [0, 0.1) is 0 Å². The number of aromatic amines is 2. The summed E-state index contributed by atoms with van der Waals surface area (Å²) in [5.41, 5.74) is 2.81. The molecule has 2 atom stereocenters. The molecule has 0 bridgehead atoms. The zero-order valence-corrected chi connectivity index (χ0v) is 25.6. The van der Waals surface area contributed by atoms with Gasteiger partial charge in [0.25, 0.3) is 0 Å². The Labute approximate surface area is 253 Å². The fraction of sp³-hybridized carbons (Fsp3) is 0.469. The van der Waals surface area contributed by atoms with Crippen LogP contribution in [-0.4, -0.2) is 67.8 Å². The van der Waals surface area contributed by atoms with Gasteiger partial charge in [0.05, 0.1) is 17.1 Å². The summed E-state index contributed by atoms with van der Waals surface area (Å²) in [6, 6.07) is 6.06. The van der Waals surface area contributed by atoms with Crippen molar-refractivity contribution in [3.8, 4) is 11.3 Å². The molecule has 2 unspecified atom stereocenters. The van der Waals surface area contributed by atoms with Crippen LogP contribution in [-0.2, 0) is 9.53 Å². The van der Waals surface area contributed by atoms with Gasteiger partial charge >= 0.3 is 12.4 Å². The quantitative estimate of drug-likeness (QED) is 0.343. The van der Waals surface area contributed by atoms with Crippen molar-refractivity contribution in [1.29, 1.82) is 0 Å². The largest absolute Gasteiger partial charge is 0.460 e. The molecule has 1 aromatic carbocycles. The number of nitrogens with zero attached hydrogens (tertiary/aromatic N) is 3. The molecule has 5 rings (SSSR count). The Morgan fingerprint density at radius 3 is 2.50 bits per heavy atom. The molecular weight excluding hydrogens is 573 g/mol. The minimum absolute atomic E-state index is 0.0359. The van der Waals surface area contributed by atoms with E-state index in [1.807, 2.05) is 44.2 Å². The summed E-state index contributed by atoms with van der Waals surface area (Å²) in [7, 11) is 0. The van der Waals surface area contributed by atoms with Gasteiger partial charge in [-0.25, -0.2) is 14.7 Å². The maximum absolute atomic E-state index is 13.5. The summed E-state index contributed by atoms with van der Waals surface area (Å²) in [5, 5.41) is 4.64. The molecule has 0 radical (unpaired) electrons. The van der Waals surface area contributed by atoms with Crippen LogP contribution in [0.1, 0.15) is 72.2 Å². The highest BCUT2D eigenvalue weighted by Gasteiger charge is 2.46. The molecule has 9 nitrogen and oxygen atoms in total. The highest BCUT2D eigenvalue weighted by molar-refractivity contribution is 5.88. The van der Waals surface area contributed by atoms with E-state index in [0.717, 1.165) is 21.8 Å². The number of aromatic nitrogens is 3. The van der Waals surface area contributed by atoms with Crippen molar-refractivity contribution >= 4 is 35.2 Å². The van der Waals surface area contributed by atoms with Crippen LogP contribution in [0.2, 0.25) is 0 Å². The molecular formula is C32H39F3N6O3. The Morgan fingerprint density at radius 2 is 1.82 bits per heavy atom. The summed E-state index contributed by atoms with van der Waals surface area (Å²) in [6.07, 6.45) is 2.79. The number of benzene rings is 1. The van der Waals surface area contributed by atoms with E-state index in [2.05, 4.69) is 20.3 Å². The average Bonchev–Trinajstić information content (AvgIpc) is 3.75. The number of hydrogen-bond donors (Lipinski definition) is 3.